The molecule has 1 aliphatic heterocycles. The molecule has 2 rings (SSSR count). The second-order valence-electron chi connectivity index (χ2n) is 4.52. The van der Waals surface area contributed by atoms with Crippen LogP contribution in [0, 0.1) is 5.92 Å². The molecule has 92 valence electrons. The summed E-state index contributed by atoms with van der Waals surface area (Å²) in [6.07, 6.45) is 2.47. The van der Waals surface area contributed by atoms with Crippen molar-refractivity contribution in [1.29, 1.82) is 0 Å². The third-order valence-electron chi connectivity index (χ3n) is 3.21. The molecule has 4 heteroatoms. The van der Waals surface area contributed by atoms with E-state index in [0.717, 1.165) is 31.2 Å². The monoisotopic (exact) mass is 233 g/mol. The molecule has 17 heavy (non-hydrogen) atoms. The minimum atomic E-state index is -0.381. The Hall–Kier alpha value is -1.55. The zero-order chi connectivity index (χ0) is 12.1. The van der Waals surface area contributed by atoms with Crippen molar-refractivity contribution in [3.05, 3.63) is 29.8 Å². The van der Waals surface area contributed by atoms with E-state index in [1.807, 2.05) is 12.1 Å². The quantitative estimate of drug-likeness (QED) is 0.716. The van der Waals surface area contributed by atoms with Crippen LogP contribution in [0.15, 0.2) is 24.3 Å². The molecule has 1 aromatic carbocycles. The fraction of sp³-hybridized carbons (Fsp3) is 0.462. The van der Waals surface area contributed by atoms with Crippen LogP contribution in [0.5, 0.6) is 0 Å². The maximum atomic E-state index is 10.9. The number of nitrogens with two attached hydrogens (primary N) is 1. The smallest absolute Gasteiger partial charge is 0.248 e. The molecule has 0 bridgehead atoms. The Labute approximate surface area is 102 Å². The first-order valence-electron chi connectivity index (χ1n) is 6.10. The fourth-order valence-corrected chi connectivity index (χ4v) is 2.13. The topological polar surface area (TPSA) is 67.2 Å². The maximum Gasteiger partial charge on any atom is 0.248 e. The van der Waals surface area contributed by atoms with Crippen LogP contribution < -0.4 is 16.4 Å². The Bertz CT molecular complexity index is 369. The van der Waals surface area contributed by atoms with Gasteiger partial charge in [-0.2, -0.15) is 0 Å². The number of nitrogens with one attached hydrogen (secondary N) is 2. The van der Waals surface area contributed by atoms with E-state index in [1.54, 1.807) is 12.1 Å². The Morgan fingerprint density at radius 1 is 1.41 bits per heavy atom. The summed E-state index contributed by atoms with van der Waals surface area (Å²) in [5.41, 5.74) is 6.77. The average Bonchev–Trinajstić information content (AvgIpc) is 2.83. The van der Waals surface area contributed by atoms with Gasteiger partial charge < -0.3 is 16.4 Å². The molecule has 0 saturated carbocycles. The lowest BCUT2D eigenvalue weighted by molar-refractivity contribution is 0.100. The molecule has 1 unspecified atom stereocenters. The second kappa shape index (κ2) is 5.68. The third kappa shape index (κ3) is 3.46. The highest BCUT2D eigenvalue weighted by Crippen LogP contribution is 2.13. The minimum Gasteiger partial charge on any atom is -0.385 e. The molecular formula is C13H19N3O. The fourth-order valence-electron chi connectivity index (χ4n) is 2.13. The Morgan fingerprint density at radius 3 is 2.76 bits per heavy atom. The van der Waals surface area contributed by atoms with E-state index < -0.39 is 0 Å². The van der Waals surface area contributed by atoms with Gasteiger partial charge in [0.05, 0.1) is 0 Å². The van der Waals surface area contributed by atoms with Crippen molar-refractivity contribution < 1.29 is 4.79 Å². The minimum absolute atomic E-state index is 0.381. The number of rotatable bonds is 5. The highest BCUT2D eigenvalue weighted by molar-refractivity contribution is 5.93. The van der Waals surface area contributed by atoms with Crippen molar-refractivity contribution in [2.24, 2.45) is 11.7 Å². The van der Waals surface area contributed by atoms with Gasteiger partial charge in [0, 0.05) is 17.8 Å². The molecule has 1 atom stereocenters. The summed E-state index contributed by atoms with van der Waals surface area (Å²) in [7, 11) is 0. The molecule has 1 aromatic rings. The molecule has 1 heterocycles. The number of carbonyl (C=O) groups is 1. The van der Waals surface area contributed by atoms with Gasteiger partial charge >= 0.3 is 0 Å². The van der Waals surface area contributed by atoms with E-state index in [2.05, 4.69) is 10.6 Å². The lowest BCUT2D eigenvalue weighted by Gasteiger charge is -2.10. The third-order valence-corrected chi connectivity index (χ3v) is 3.21. The van der Waals surface area contributed by atoms with Gasteiger partial charge in [-0.05, 0) is 56.1 Å². The number of hydrogen-bond acceptors (Lipinski definition) is 3. The summed E-state index contributed by atoms with van der Waals surface area (Å²) in [6, 6.07) is 7.30. The van der Waals surface area contributed by atoms with Gasteiger partial charge in [-0.1, -0.05) is 0 Å². The highest BCUT2D eigenvalue weighted by atomic mass is 16.1. The van der Waals surface area contributed by atoms with Crippen LogP contribution in [0.1, 0.15) is 23.2 Å². The van der Waals surface area contributed by atoms with Crippen LogP contribution in [0.2, 0.25) is 0 Å². The van der Waals surface area contributed by atoms with Gasteiger partial charge in [-0.15, -0.1) is 0 Å². The van der Waals surface area contributed by atoms with Crippen LogP contribution in [0.3, 0.4) is 0 Å². The van der Waals surface area contributed by atoms with Crippen LogP contribution in [0.25, 0.3) is 0 Å². The number of amides is 1. The molecule has 1 saturated heterocycles. The van der Waals surface area contributed by atoms with Crippen LogP contribution in [-0.2, 0) is 0 Å². The maximum absolute atomic E-state index is 10.9. The highest BCUT2D eigenvalue weighted by Gasteiger charge is 2.13. The predicted octanol–water partition coefficient (Wildman–Crippen LogP) is 1.20. The van der Waals surface area contributed by atoms with Crippen molar-refractivity contribution >= 4 is 11.6 Å². The first-order valence-corrected chi connectivity index (χ1v) is 6.10. The molecule has 4 N–H and O–H groups in total. The van der Waals surface area contributed by atoms with Crippen molar-refractivity contribution in [2.75, 3.05) is 25.0 Å². The van der Waals surface area contributed by atoms with Gasteiger partial charge in [0.15, 0.2) is 0 Å². The summed E-state index contributed by atoms with van der Waals surface area (Å²) in [5.74, 6) is 0.418. The number of carbonyl (C=O) groups excluding carboxylic acids is 1. The Morgan fingerprint density at radius 2 is 2.18 bits per heavy atom. The summed E-state index contributed by atoms with van der Waals surface area (Å²) in [4.78, 5) is 10.9. The largest absolute Gasteiger partial charge is 0.385 e. The van der Waals surface area contributed by atoms with E-state index >= 15 is 0 Å². The van der Waals surface area contributed by atoms with Gasteiger partial charge in [0.2, 0.25) is 5.91 Å². The van der Waals surface area contributed by atoms with Crippen LogP contribution in [0.4, 0.5) is 5.69 Å². The molecule has 1 fully saturated rings. The van der Waals surface area contributed by atoms with E-state index in [4.69, 9.17) is 5.73 Å². The number of anilines is 1. The van der Waals surface area contributed by atoms with Gasteiger partial charge in [0.25, 0.3) is 0 Å². The molecule has 1 aliphatic rings. The molecule has 0 aromatic heterocycles. The number of primary amides is 1. The summed E-state index contributed by atoms with van der Waals surface area (Å²) in [6.45, 7) is 3.27. The van der Waals surface area contributed by atoms with E-state index in [-0.39, 0.29) is 5.91 Å². The molecule has 0 radical (unpaired) electrons. The first kappa shape index (κ1) is 11.9. The lowest BCUT2D eigenvalue weighted by Crippen LogP contribution is -2.13. The lowest BCUT2D eigenvalue weighted by atomic mass is 10.1. The summed E-state index contributed by atoms with van der Waals surface area (Å²) < 4.78 is 0. The Kier molecular flexibility index (Phi) is 3.98. The molecule has 0 aliphatic carbocycles. The average molecular weight is 233 g/mol. The Balaban J connectivity index is 1.76. The first-order chi connectivity index (χ1) is 8.25. The van der Waals surface area contributed by atoms with E-state index in [1.165, 1.54) is 12.8 Å². The van der Waals surface area contributed by atoms with Crippen molar-refractivity contribution in [2.45, 2.75) is 12.8 Å². The molecule has 4 nitrogen and oxygen atoms in total. The number of benzene rings is 1. The molecule has 0 spiro atoms. The summed E-state index contributed by atoms with van der Waals surface area (Å²) >= 11 is 0. The van der Waals surface area contributed by atoms with Crippen molar-refractivity contribution in [3.63, 3.8) is 0 Å². The normalized spacial score (nSPS) is 19.2. The van der Waals surface area contributed by atoms with Crippen LogP contribution in [-0.4, -0.2) is 25.5 Å². The van der Waals surface area contributed by atoms with Gasteiger partial charge in [-0.25, -0.2) is 0 Å². The van der Waals surface area contributed by atoms with Gasteiger partial charge in [-0.3, -0.25) is 4.79 Å². The van der Waals surface area contributed by atoms with Crippen molar-refractivity contribution in [1.82, 2.24) is 5.32 Å². The SMILES string of the molecule is NC(=O)c1ccc(NCCC2CCNC2)cc1. The van der Waals surface area contributed by atoms with Crippen LogP contribution >= 0.6 is 0 Å². The summed E-state index contributed by atoms with van der Waals surface area (Å²) in [5, 5.41) is 6.72. The number of hydrogen-bond donors (Lipinski definition) is 3. The van der Waals surface area contributed by atoms with E-state index in [9.17, 15) is 4.79 Å². The predicted molar refractivity (Wildman–Crippen MR) is 69.0 cm³/mol. The zero-order valence-electron chi connectivity index (χ0n) is 9.91. The standard InChI is InChI=1S/C13H19N3O/c14-13(17)11-1-3-12(4-2-11)16-8-6-10-5-7-15-9-10/h1-4,10,15-16H,5-9H2,(H2,14,17). The van der Waals surface area contributed by atoms with Gasteiger partial charge in [0.1, 0.15) is 0 Å². The molecular weight excluding hydrogens is 214 g/mol. The molecule has 1 amide bonds. The second-order valence-corrected chi connectivity index (χ2v) is 4.52. The van der Waals surface area contributed by atoms with Crippen molar-refractivity contribution in [3.8, 4) is 0 Å². The zero-order valence-corrected chi connectivity index (χ0v) is 9.91. The van der Waals surface area contributed by atoms with E-state index in [0.29, 0.717) is 5.56 Å².